The van der Waals surface area contributed by atoms with Crippen LogP contribution in [0.1, 0.15) is 79.1 Å². The van der Waals surface area contributed by atoms with E-state index in [4.69, 9.17) is 0 Å². The summed E-state index contributed by atoms with van der Waals surface area (Å²) in [6.45, 7) is 8.50. The highest BCUT2D eigenvalue weighted by molar-refractivity contribution is 6.07. The van der Waals surface area contributed by atoms with Gasteiger partial charge in [0.25, 0.3) is 0 Å². The molecular formula is C18H30N4. The van der Waals surface area contributed by atoms with Gasteiger partial charge in [0.05, 0.1) is 0 Å². The molecule has 0 saturated heterocycles. The lowest BCUT2D eigenvalue weighted by molar-refractivity contribution is 0.382. The Morgan fingerprint density at radius 3 is 2.68 bits per heavy atom. The molecule has 122 valence electrons. The third-order valence-electron chi connectivity index (χ3n) is 4.79. The fourth-order valence-corrected chi connectivity index (χ4v) is 3.31. The number of rotatable bonds is 6. The highest BCUT2D eigenvalue weighted by Gasteiger charge is 2.28. The third kappa shape index (κ3) is 4.85. The molecule has 0 aromatic carbocycles. The summed E-state index contributed by atoms with van der Waals surface area (Å²) < 4.78 is 0. The summed E-state index contributed by atoms with van der Waals surface area (Å²) in [5.41, 5.74) is 4.78. The van der Waals surface area contributed by atoms with Crippen LogP contribution in [-0.2, 0) is 0 Å². The minimum absolute atomic E-state index is 0.560. The Morgan fingerprint density at radius 1 is 1.18 bits per heavy atom. The van der Waals surface area contributed by atoms with Crippen LogP contribution in [0.5, 0.6) is 0 Å². The van der Waals surface area contributed by atoms with Crippen molar-refractivity contribution < 1.29 is 0 Å². The Labute approximate surface area is 134 Å². The predicted octanol–water partition coefficient (Wildman–Crippen LogP) is 5.04. The summed E-state index contributed by atoms with van der Waals surface area (Å²) in [4.78, 5) is 0. The van der Waals surface area contributed by atoms with E-state index in [9.17, 15) is 0 Å². The zero-order valence-electron chi connectivity index (χ0n) is 14.6. The summed E-state index contributed by atoms with van der Waals surface area (Å²) in [5, 5.41) is 17.5. The molecule has 0 amide bonds. The van der Waals surface area contributed by atoms with Crippen LogP contribution in [0.3, 0.4) is 0 Å². The molecule has 0 N–H and O–H groups in total. The highest BCUT2D eigenvalue weighted by atomic mass is 15.2. The first kappa shape index (κ1) is 17.0. The number of hydrogen-bond donors (Lipinski definition) is 0. The second kappa shape index (κ2) is 8.35. The van der Waals surface area contributed by atoms with Gasteiger partial charge in [-0.15, -0.1) is 0 Å². The lowest BCUT2D eigenvalue weighted by Gasteiger charge is -2.28. The minimum Gasteiger partial charge on any atom is -0.160 e. The van der Waals surface area contributed by atoms with Gasteiger partial charge in [-0.05, 0) is 58.8 Å². The molecule has 4 nitrogen and oxygen atoms in total. The molecular weight excluding hydrogens is 272 g/mol. The van der Waals surface area contributed by atoms with E-state index in [2.05, 4.69) is 48.1 Å². The van der Waals surface area contributed by atoms with Crippen molar-refractivity contribution in [2.45, 2.75) is 79.1 Å². The van der Waals surface area contributed by atoms with Crippen LogP contribution in [-0.4, -0.2) is 22.8 Å². The molecule has 4 heteroatoms. The average Bonchev–Trinajstić information content (AvgIpc) is 2.97. The van der Waals surface area contributed by atoms with Crippen molar-refractivity contribution >= 4 is 22.8 Å². The monoisotopic (exact) mass is 302 g/mol. The van der Waals surface area contributed by atoms with Crippen molar-refractivity contribution in [2.75, 3.05) is 0 Å². The summed E-state index contributed by atoms with van der Waals surface area (Å²) in [7, 11) is 0. The van der Waals surface area contributed by atoms with E-state index in [1.54, 1.807) is 0 Å². The van der Waals surface area contributed by atoms with Gasteiger partial charge in [0.1, 0.15) is 0 Å². The average molecular weight is 302 g/mol. The van der Waals surface area contributed by atoms with E-state index >= 15 is 0 Å². The first-order valence-electron chi connectivity index (χ1n) is 8.77. The molecule has 0 aromatic rings. The topological polar surface area (TPSA) is 49.4 Å². The molecule has 2 atom stereocenters. The molecule has 0 spiro atoms. The molecule has 1 fully saturated rings. The lowest BCUT2D eigenvalue weighted by atomic mass is 9.76. The van der Waals surface area contributed by atoms with Crippen LogP contribution in [0.15, 0.2) is 20.4 Å². The maximum atomic E-state index is 4.51. The molecule has 1 saturated carbocycles. The first-order chi connectivity index (χ1) is 10.6. The van der Waals surface area contributed by atoms with Gasteiger partial charge in [0.15, 0.2) is 0 Å². The van der Waals surface area contributed by atoms with E-state index in [1.807, 2.05) is 0 Å². The second-order valence-corrected chi connectivity index (χ2v) is 6.84. The van der Waals surface area contributed by atoms with Crippen molar-refractivity contribution in [3.8, 4) is 0 Å². The molecule has 2 rings (SSSR count). The standard InChI is InChI=1S/C18H30N4/c1-5-6-8-13(2)19-21-15(4)16-9-7-10-17(12-16)18-11-14(3)20-22-18/h16-17H,5-12H2,1-4H3/b19-13-,21-15+. The SMILES string of the molecule is CCCC/C(C)=N\N=C(/C)C1CCCC(C2=NN=C(C)C2)C1. The highest BCUT2D eigenvalue weighted by Crippen LogP contribution is 2.33. The van der Waals surface area contributed by atoms with Gasteiger partial charge in [-0.3, -0.25) is 0 Å². The zero-order valence-corrected chi connectivity index (χ0v) is 14.6. The zero-order chi connectivity index (χ0) is 15.9. The predicted molar refractivity (Wildman–Crippen MR) is 96.4 cm³/mol. The van der Waals surface area contributed by atoms with Crippen LogP contribution in [0.25, 0.3) is 0 Å². The minimum atomic E-state index is 0.560. The number of nitrogens with zero attached hydrogens (tertiary/aromatic N) is 4. The smallest absolute Gasteiger partial charge is 0.0493 e. The Bertz CT molecular complexity index is 499. The van der Waals surface area contributed by atoms with Gasteiger partial charge in [0, 0.05) is 35.2 Å². The first-order valence-corrected chi connectivity index (χ1v) is 8.77. The molecule has 1 aliphatic heterocycles. The molecule has 0 bridgehead atoms. The largest absolute Gasteiger partial charge is 0.160 e. The molecule has 22 heavy (non-hydrogen) atoms. The number of unbranched alkanes of at least 4 members (excludes halogenated alkanes) is 1. The Morgan fingerprint density at radius 2 is 2.00 bits per heavy atom. The van der Waals surface area contributed by atoms with Gasteiger partial charge in [0.2, 0.25) is 0 Å². The Balaban J connectivity index is 1.91. The molecule has 2 aliphatic rings. The number of hydrogen-bond acceptors (Lipinski definition) is 4. The van der Waals surface area contributed by atoms with Crippen molar-refractivity contribution in [3.63, 3.8) is 0 Å². The maximum Gasteiger partial charge on any atom is 0.0493 e. The molecule has 1 heterocycles. The third-order valence-corrected chi connectivity index (χ3v) is 4.79. The maximum absolute atomic E-state index is 4.51. The normalized spacial score (nSPS) is 26.9. The fourth-order valence-electron chi connectivity index (χ4n) is 3.31. The molecule has 0 aromatic heterocycles. The van der Waals surface area contributed by atoms with Gasteiger partial charge in [-0.1, -0.05) is 19.8 Å². The summed E-state index contributed by atoms with van der Waals surface area (Å²) in [6, 6.07) is 0. The van der Waals surface area contributed by atoms with Crippen molar-refractivity contribution in [2.24, 2.45) is 32.2 Å². The molecule has 1 aliphatic carbocycles. The Hall–Kier alpha value is -1.32. The molecule has 0 radical (unpaired) electrons. The lowest BCUT2D eigenvalue weighted by Crippen LogP contribution is -2.26. The summed E-state index contributed by atoms with van der Waals surface area (Å²) >= 11 is 0. The van der Waals surface area contributed by atoms with E-state index in [0.717, 1.165) is 24.3 Å². The summed E-state index contributed by atoms with van der Waals surface area (Å²) in [5.74, 6) is 1.15. The molecule has 2 unspecified atom stereocenters. The fraction of sp³-hybridized carbons (Fsp3) is 0.778. The van der Waals surface area contributed by atoms with Crippen LogP contribution in [0.4, 0.5) is 0 Å². The Kier molecular flexibility index (Phi) is 6.47. The van der Waals surface area contributed by atoms with E-state index in [-0.39, 0.29) is 0 Å². The van der Waals surface area contributed by atoms with Gasteiger partial charge in [-0.25, -0.2) is 0 Å². The van der Waals surface area contributed by atoms with Crippen molar-refractivity contribution in [1.82, 2.24) is 0 Å². The van der Waals surface area contributed by atoms with Crippen LogP contribution in [0.2, 0.25) is 0 Å². The van der Waals surface area contributed by atoms with Crippen molar-refractivity contribution in [1.29, 1.82) is 0 Å². The quantitative estimate of drug-likeness (QED) is 0.487. The van der Waals surface area contributed by atoms with Crippen LogP contribution < -0.4 is 0 Å². The van der Waals surface area contributed by atoms with Gasteiger partial charge >= 0.3 is 0 Å². The van der Waals surface area contributed by atoms with Crippen molar-refractivity contribution in [3.05, 3.63) is 0 Å². The van der Waals surface area contributed by atoms with Crippen LogP contribution in [0, 0.1) is 11.8 Å². The van der Waals surface area contributed by atoms with Gasteiger partial charge < -0.3 is 0 Å². The van der Waals surface area contributed by atoms with Gasteiger partial charge in [-0.2, -0.15) is 20.4 Å². The van der Waals surface area contributed by atoms with E-state index in [1.165, 1.54) is 49.9 Å². The van der Waals surface area contributed by atoms with Crippen LogP contribution >= 0.6 is 0 Å². The summed E-state index contributed by atoms with van der Waals surface area (Å²) in [6.07, 6.45) is 9.37. The second-order valence-electron chi connectivity index (χ2n) is 6.84. The van der Waals surface area contributed by atoms with E-state index < -0.39 is 0 Å². The van der Waals surface area contributed by atoms with E-state index in [0.29, 0.717) is 11.8 Å².